The van der Waals surface area contributed by atoms with Crippen LogP contribution in [0.4, 0.5) is 4.79 Å². The quantitative estimate of drug-likeness (QED) is 0.184. The molecule has 3 aromatic rings. The number of hydrogen-bond donors (Lipinski definition) is 1. The van der Waals surface area contributed by atoms with Crippen LogP contribution in [0.3, 0.4) is 0 Å². The number of nitrogens with one attached hydrogen (secondary N) is 1. The number of rotatable bonds is 11. The van der Waals surface area contributed by atoms with Gasteiger partial charge in [0.25, 0.3) is 0 Å². The molecule has 218 valence electrons. The van der Waals surface area contributed by atoms with Crippen molar-refractivity contribution in [3.8, 4) is 0 Å². The van der Waals surface area contributed by atoms with Crippen LogP contribution in [-0.2, 0) is 48.9 Å². The normalized spacial score (nSPS) is 16.6. The Labute approximate surface area is 236 Å². The van der Waals surface area contributed by atoms with Crippen molar-refractivity contribution in [3.63, 3.8) is 0 Å². The van der Waals surface area contributed by atoms with Crippen LogP contribution in [0.25, 0.3) is 11.1 Å². The second-order valence-electron chi connectivity index (χ2n) is 11.6. The fourth-order valence-electron chi connectivity index (χ4n) is 4.42. The van der Waals surface area contributed by atoms with E-state index in [-0.39, 0.29) is 19.8 Å². The topological polar surface area (TPSA) is 109 Å². The van der Waals surface area contributed by atoms with E-state index in [2.05, 4.69) is 17.2 Å². The summed E-state index contributed by atoms with van der Waals surface area (Å²) >= 11 is 0. The molecule has 1 aliphatic heterocycles. The molecule has 1 atom stereocenters. The molecule has 0 aliphatic carbocycles. The van der Waals surface area contributed by atoms with Gasteiger partial charge in [0, 0.05) is 6.42 Å². The summed E-state index contributed by atoms with van der Waals surface area (Å²) in [7, 11) is -3.87. The standard InChI is InChI=1S/C30H41N2O7P/c1-6-7-8-13-27-31-25-18-22(14-15-26(25)38-27)16-17-30(5,32-28(33)39-29(2,3)4)21-37-40(34)35-19-23-11-9-10-12-24(23)20-36-40/h9-12,14-15,18H,6-8,13,16-17,19-21H2,1-5H3,(H,32,33)/t30-/m1/s1. The smallest absolute Gasteiger partial charge is 0.444 e. The number of ether oxygens (including phenoxy) is 1. The van der Waals surface area contributed by atoms with Gasteiger partial charge in [-0.1, -0.05) is 50.1 Å². The van der Waals surface area contributed by atoms with Crippen molar-refractivity contribution in [3.05, 3.63) is 65.0 Å². The van der Waals surface area contributed by atoms with Crippen LogP contribution in [-0.4, -0.2) is 28.8 Å². The minimum absolute atomic E-state index is 0.104. The predicted molar refractivity (Wildman–Crippen MR) is 153 cm³/mol. The highest BCUT2D eigenvalue weighted by atomic mass is 31.2. The van der Waals surface area contributed by atoms with Gasteiger partial charge in [-0.2, -0.15) is 0 Å². The lowest BCUT2D eigenvalue weighted by Crippen LogP contribution is -2.51. The van der Waals surface area contributed by atoms with E-state index in [0.29, 0.717) is 12.8 Å². The monoisotopic (exact) mass is 572 g/mol. The van der Waals surface area contributed by atoms with Crippen LogP contribution < -0.4 is 5.32 Å². The maximum Gasteiger partial charge on any atom is 0.475 e. The van der Waals surface area contributed by atoms with Crippen molar-refractivity contribution in [1.82, 2.24) is 10.3 Å². The van der Waals surface area contributed by atoms with Gasteiger partial charge in [0.15, 0.2) is 11.5 Å². The first-order valence-electron chi connectivity index (χ1n) is 14.0. The summed E-state index contributed by atoms with van der Waals surface area (Å²) in [5.74, 6) is 0.751. The summed E-state index contributed by atoms with van der Waals surface area (Å²) in [5, 5.41) is 2.93. The molecule has 1 N–H and O–H groups in total. The molecule has 0 unspecified atom stereocenters. The first kappa shape index (κ1) is 30.3. The Kier molecular flexibility index (Phi) is 9.72. The number of fused-ring (bicyclic) bond motifs is 2. The lowest BCUT2D eigenvalue weighted by Gasteiger charge is -2.32. The van der Waals surface area contributed by atoms with E-state index >= 15 is 0 Å². The number of unbranched alkanes of at least 4 members (excludes halogenated alkanes) is 2. The third-order valence-electron chi connectivity index (χ3n) is 6.67. The highest BCUT2D eigenvalue weighted by Crippen LogP contribution is 2.53. The second kappa shape index (κ2) is 12.9. The summed E-state index contributed by atoms with van der Waals surface area (Å²) in [6.45, 7) is 9.52. The number of phosphoric acid groups is 1. The van der Waals surface area contributed by atoms with Crippen LogP contribution in [0.2, 0.25) is 0 Å². The number of phosphoric ester groups is 1. The maximum atomic E-state index is 13.4. The van der Waals surface area contributed by atoms with Crippen LogP contribution in [0.1, 0.15) is 82.9 Å². The van der Waals surface area contributed by atoms with Crippen molar-refractivity contribution in [2.24, 2.45) is 0 Å². The van der Waals surface area contributed by atoms with Crippen LogP contribution in [0, 0.1) is 0 Å². The second-order valence-corrected chi connectivity index (χ2v) is 13.3. The van der Waals surface area contributed by atoms with Crippen molar-refractivity contribution in [1.29, 1.82) is 0 Å². The third kappa shape index (κ3) is 8.64. The molecule has 40 heavy (non-hydrogen) atoms. The Bertz CT molecular complexity index is 1320. The predicted octanol–water partition coefficient (Wildman–Crippen LogP) is 7.65. The zero-order valence-electron chi connectivity index (χ0n) is 24.2. The number of oxazole rings is 1. The van der Waals surface area contributed by atoms with E-state index in [1.807, 2.05) is 49.4 Å². The van der Waals surface area contributed by atoms with Gasteiger partial charge in [0.1, 0.15) is 11.1 Å². The Hall–Kier alpha value is -2.71. The molecule has 0 fully saturated rings. The number of aryl methyl sites for hydroxylation is 2. The Morgan fingerprint density at radius 3 is 2.38 bits per heavy atom. The average molecular weight is 573 g/mol. The zero-order valence-corrected chi connectivity index (χ0v) is 25.1. The van der Waals surface area contributed by atoms with Crippen molar-refractivity contribution >= 4 is 25.0 Å². The lowest BCUT2D eigenvalue weighted by molar-refractivity contribution is 0.0368. The fourth-order valence-corrected chi connectivity index (χ4v) is 5.68. The van der Waals surface area contributed by atoms with Crippen LogP contribution in [0.15, 0.2) is 46.9 Å². The summed E-state index contributed by atoms with van der Waals surface area (Å²) in [6, 6.07) is 13.5. The van der Waals surface area contributed by atoms with Crippen LogP contribution >= 0.6 is 7.82 Å². The van der Waals surface area contributed by atoms with Gasteiger partial charge in [-0.15, -0.1) is 0 Å². The summed E-state index contributed by atoms with van der Waals surface area (Å²) < 4.78 is 41.8. The first-order chi connectivity index (χ1) is 19.0. The maximum absolute atomic E-state index is 13.4. The number of nitrogens with zero attached hydrogens (tertiary/aromatic N) is 1. The van der Waals surface area contributed by atoms with Gasteiger partial charge in [-0.25, -0.2) is 14.3 Å². The number of aromatic nitrogens is 1. The minimum Gasteiger partial charge on any atom is -0.444 e. The molecule has 0 radical (unpaired) electrons. The lowest BCUT2D eigenvalue weighted by atomic mass is 9.94. The fraction of sp³-hybridized carbons (Fsp3) is 0.533. The Morgan fingerprint density at radius 2 is 1.73 bits per heavy atom. The zero-order chi connectivity index (χ0) is 28.8. The number of amides is 1. The largest absolute Gasteiger partial charge is 0.475 e. The Morgan fingerprint density at radius 1 is 1.02 bits per heavy atom. The first-order valence-corrected chi connectivity index (χ1v) is 15.4. The molecule has 1 amide bonds. The molecule has 0 saturated carbocycles. The number of alkyl carbamates (subject to hydrolysis) is 1. The highest BCUT2D eigenvalue weighted by molar-refractivity contribution is 7.48. The van der Waals surface area contributed by atoms with E-state index in [1.165, 1.54) is 0 Å². The van der Waals surface area contributed by atoms with E-state index in [9.17, 15) is 9.36 Å². The van der Waals surface area contributed by atoms with Gasteiger partial charge in [0.2, 0.25) is 0 Å². The van der Waals surface area contributed by atoms with E-state index in [4.69, 9.17) is 22.7 Å². The molecular formula is C30H41N2O7P. The number of carbonyl (C=O) groups is 1. The van der Waals surface area contributed by atoms with E-state index in [0.717, 1.165) is 59.4 Å². The molecule has 1 aromatic heterocycles. The number of hydrogen-bond acceptors (Lipinski definition) is 8. The van der Waals surface area contributed by atoms with Gasteiger partial charge in [-0.3, -0.25) is 13.6 Å². The molecule has 0 spiro atoms. The van der Waals surface area contributed by atoms with E-state index < -0.39 is 25.1 Å². The minimum atomic E-state index is -3.87. The molecule has 0 bridgehead atoms. The molecule has 9 nitrogen and oxygen atoms in total. The summed E-state index contributed by atoms with van der Waals surface area (Å²) in [6.07, 6.45) is 4.64. The summed E-state index contributed by atoms with van der Waals surface area (Å²) in [5.41, 5.74) is 2.79. The molecule has 2 aromatic carbocycles. The SMILES string of the molecule is CCCCCc1nc2cc(CC[C@](C)(COP3(=O)OCc4ccccc4CO3)NC(=O)OC(C)(C)C)ccc2o1. The van der Waals surface area contributed by atoms with Gasteiger partial charge in [-0.05, 0) is 75.8 Å². The average Bonchev–Trinajstić information content (AvgIpc) is 3.22. The van der Waals surface area contributed by atoms with Gasteiger partial charge >= 0.3 is 13.9 Å². The van der Waals surface area contributed by atoms with Crippen LogP contribution in [0.5, 0.6) is 0 Å². The molecule has 0 saturated heterocycles. The third-order valence-corrected chi connectivity index (χ3v) is 8.01. The van der Waals surface area contributed by atoms with Crippen molar-refractivity contribution in [2.75, 3.05) is 6.61 Å². The number of benzene rings is 2. The Balaban J connectivity index is 1.44. The molecule has 1 aliphatic rings. The molecule has 4 rings (SSSR count). The van der Waals surface area contributed by atoms with Crippen molar-refractivity contribution in [2.45, 2.75) is 97.5 Å². The molecule has 10 heteroatoms. The van der Waals surface area contributed by atoms with Gasteiger partial charge in [0.05, 0.1) is 25.4 Å². The summed E-state index contributed by atoms with van der Waals surface area (Å²) in [4.78, 5) is 17.4. The van der Waals surface area contributed by atoms with Crippen molar-refractivity contribution < 1.29 is 32.1 Å². The van der Waals surface area contributed by atoms with Gasteiger partial charge < -0.3 is 14.5 Å². The molecule has 2 heterocycles. The molecular weight excluding hydrogens is 531 g/mol. The number of carbonyl (C=O) groups excluding carboxylic acids is 1. The van der Waals surface area contributed by atoms with E-state index in [1.54, 1.807) is 20.8 Å². The highest BCUT2D eigenvalue weighted by Gasteiger charge is 2.36.